The summed E-state index contributed by atoms with van der Waals surface area (Å²) < 4.78 is 11.1. The van der Waals surface area contributed by atoms with Gasteiger partial charge in [0.2, 0.25) is 0 Å². The fraction of sp³-hybridized carbons (Fsp3) is 0.650. The highest BCUT2D eigenvalue weighted by atomic mass is 127. The Hall–Kier alpha value is -0.860. The molecule has 0 spiro atoms. The normalized spacial score (nSPS) is 12.3. The summed E-state index contributed by atoms with van der Waals surface area (Å²) in [6.07, 6.45) is 2.16. The fourth-order valence-corrected chi connectivity index (χ4v) is 2.27. The van der Waals surface area contributed by atoms with Crippen molar-refractivity contribution in [2.75, 3.05) is 39.5 Å². The molecule has 0 saturated heterocycles. The summed E-state index contributed by atoms with van der Waals surface area (Å²) in [6.45, 7) is 11.8. The van der Waals surface area contributed by atoms with E-state index in [0.717, 1.165) is 51.6 Å². The first kappa shape index (κ1) is 25.1. The average molecular weight is 477 g/mol. The summed E-state index contributed by atoms with van der Waals surface area (Å²) >= 11 is 0. The molecule has 6 heteroatoms. The van der Waals surface area contributed by atoms with E-state index in [1.807, 2.05) is 25.1 Å². The summed E-state index contributed by atoms with van der Waals surface area (Å²) in [5.74, 6) is 1.27. The lowest BCUT2D eigenvalue weighted by molar-refractivity contribution is 0.0945. The molecule has 0 aliphatic carbocycles. The van der Waals surface area contributed by atoms with Crippen LogP contribution in [0.4, 0.5) is 0 Å². The molecule has 0 aliphatic heterocycles. The van der Waals surface area contributed by atoms with Crippen molar-refractivity contribution in [3.63, 3.8) is 0 Å². The Morgan fingerprint density at radius 3 is 2.54 bits per heavy atom. The predicted octanol–water partition coefficient (Wildman–Crippen LogP) is 3.83. The molecule has 0 bridgehead atoms. The van der Waals surface area contributed by atoms with E-state index in [1.165, 1.54) is 5.56 Å². The molecule has 0 saturated carbocycles. The number of ether oxygens (including phenoxy) is 2. The molecule has 0 radical (unpaired) electrons. The number of unbranched alkanes of at least 4 members (excludes halogenated alkanes) is 1. The molecule has 1 aromatic carbocycles. The van der Waals surface area contributed by atoms with Gasteiger partial charge < -0.3 is 20.1 Å². The predicted molar refractivity (Wildman–Crippen MR) is 120 cm³/mol. The monoisotopic (exact) mass is 477 g/mol. The number of aliphatic imine (C=N–C) groups is 1. The summed E-state index contributed by atoms with van der Waals surface area (Å²) in [5.41, 5.74) is 1.21. The van der Waals surface area contributed by atoms with Crippen LogP contribution in [0.2, 0.25) is 0 Å². The number of nitrogens with zero attached hydrogens (tertiary/aromatic N) is 1. The Bertz CT molecular complexity index is 458. The highest BCUT2D eigenvalue weighted by Gasteiger charge is 2.03. The average Bonchev–Trinajstić information content (AvgIpc) is 2.63. The Labute approximate surface area is 176 Å². The Morgan fingerprint density at radius 2 is 1.85 bits per heavy atom. The molecule has 1 rings (SSSR count). The van der Waals surface area contributed by atoms with Crippen LogP contribution in [0.25, 0.3) is 0 Å². The minimum Gasteiger partial charge on any atom is -0.382 e. The number of hydrogen-bond acceptors (Lipinski definition) is 3. The lowest BCUT2D eigenvalue weighted by atomic mass is 10.2. The number of hydrogen-bond donors (Lipinski definition) is 2. The summed E-state index contributed by atoms with van der Waals surface area (Å²) in [7, 11) is 0. The summed E-state index contributed by atoms with van der Waals surface area (Å²) in [5, 5.41) is 6.67. The van der Waals surface area contributed by atoms with Gasteiger partial charge in [0.05, 0.1) is 13.2 Å². The van der Waals surface area contributed by atoms with Gasteiger partial charge in [-0.2, -0.15) is 0 Å². The first-order valence-electron chi connectivity index (χ1n) is 9.47. The number of halogens is 1. The van der Waals surface area contributed by atoms with Crippen LogP contribution in [0.15, 0.2) is 35.3 Å². The Morgan fingerprint density at radius 1 is 1.08 bits per heavy atom. The quantitative estimate of drug-likeness (QED) is 0.196. The minimum absolute atomic E-state index is 0. The lowest BCUT2D eigenvalue weighted by Crippen LogP contribution is -2.38. The molecular formula is C20H36IN3O2. The van der Waals surface area contributed by atoms with Crippen LogP contribution in [-0.2, 0) is 16.1 Å². The van der Waals surface area contributed by atoms with Gasteiger partial charge in [0.25, 0.3) is 0 Å². The second-order valence-electron chi connectivity index (χ2n) is 6.16. The van der Waals surface area contributed by atoms with Crippen LogP contribution in [0.5, 0.6) is 0 Å². The molecular weight excluding hydrogens is 441 g/mol. The van der Waals surface area contributed by atoms with E-state index >= 15 is 0 Å². The van der Waals surface area contributed by atoms with E-state index < -0.39 is 0 Å². The van der Waals surface area contributed by atoms with E-state index in [0.29, 0.717) is 19.1 Å². The molecule has 1 aromatic rings. The summed E-state index contributed by atoms with van der Waals surface area (Å²) in [4.78, 5) is 4.66. The molecule has 26 heavy (non-hydrogen) atoms. The Kier molecular flexibility index (Phi) is 17.0. The van der Waals surface area contributed by atoms with Crippen molar-refractivity contribution >= 4 is 29.9 Å². The summed E-state index contributed by atoms with van der Waals surface area (Å²) in [6, 6.07) is 10.3. The van der Waals surface area contributed by atoms with Gasteiger partial charge in [-0.25, -0.2) is 0 Å². The van der Waals surface area contributed by atoms with Crippen molar-refractivity contribution in [1.29, 1.82) is 0 Å². The van der Waals surface area contributed by atoms with Gasteiger partial charge in [-0.15, -0.1) is 24.0 Å². The molecule has 2 N–H and O–H groups in total. The number of guanidine groups is 1. The third-order valence-electron chi connectivity index (χ3n) is 3.63. The van der Waals surface area contributed by atoms with Gasteiger partial charge in [-0.1, -0.05) is 37.3 Å². The van der Waals surface area contributed by atoms with Gasteiger partial charge in [-0.05, 0) is 38.2 Å². The zero-order valence-corrected chi connectivity index (χ0v) is 18.8. The topological polar surface area (TPSA) is 54.9 Å². The zero-order chi connectivity index (χ0) is 18.2. The third-order valence-corrected chi connectivity index (χ3v) is 3.63. The Balaban J connectivity index is 0.00000625. The van der Waals surface area contributed by atoms with Crippen LogP contribution in [0.3, 0.4) is 0 Å². The van der Waals surface area contributed by atoms with Gasteiger partial charge in [0.1, 0.15) is 0 Å². The minimum atomic E-state index is 0. The first-order valence-corrected chi connectivity index (χ1v) is 9.47. The van der Waals surface area contributed by atoms with E-state index in [2.05, 4.69) is 41.6 Å². The maximum absolute atomic E-state index is 5.79. The van der Waals surface area contributed by atoms with Crippen molar-refractivity contribution in [1.82, 2.24) is 10.6 Å². The van der Waals surface area contributed by atoms with Crippen LogP contribution >= 0.6 is 24.0 Å². The largest absolute Gasteiger partial charge is 0.382 e. The molecule has 5 nitrogen and oxygen atoms in total. The highest BCUT2D eigenvalue weighted by molar-refractivity contribution is 14.0. The van der Waals surface area contributed by atoms with E-state index in [1.54, 1.807) is 0 Å². The second kappa shape index (κ2) is 17.5. The van der Waals surface area contributed by atoms with Crippen molar-refractivity contribution in [3.05, 3.63) is 35.9 Å². The maximum Gasteiger partial charge on any atom is 0.191 e. The molecule has 150 valence electrons. The van der Waals surface area contributed by atoms with Gasteiger partial charge >= 0.3 is 0 Å². The molecule has 0 fully saturated rings. The SMILES string of the molecule is CCNC(=NCC(C)COCc1ccccc1)NCCCCOCC.I. The molecule has 0 heterocycles. The maximum atomic E-state index is 5.79. The van der Waals surface area contributed by atoms with Gasteiger partial charge in [-0.3, -0.25) is 4.99 Å². The van der Waals surface area contributed by atoms with Crippen LogP contribution in [-0.4, -0.2) is 45.4 Å². The molecule has 0 amide bonds. The number of rotatable bonds is 13. The van der Waals surface area contributed by atoms with Gasteiger partial charge in [0, 0.05) is 32.8 Å². The fourth-order valence-electron chi connectivity index (χ4n) is 2.27. The second-order valence-corrected chi connectivity index (χ2v) is 6.16. The first-order chi connectivity index (χ1) is 12.3. The standard InChI is InChI=1S/C20H35N3O2.HI/c1-4-21-20(22-13-9-10-14-24-5-2)23-15-18(3)16-25-17-19-11-7-6-8-12-19;/h6-8,11-12,18H,4-5,9-10,13-17H2,1-3H3,(H2,21,22,23);1H. The highest BCUT2D eigenvalue weighted by Crippen LogP contribution is 2.03. The van der Waals surface area contributed by atoms with E-state index in [9.17, 15) is 0 Å². The third kappa shape index (κ3) is 13.4. The lowest BCUT2D eigenvalue weighted by Gasteiger charge is -2.14. The van der Waals surface area contributed by atoms with E-state index in [4.69, 9.17) is 9.47 Å². The van der Waals surface area contributed by atoms with Crippen molar-refractivity contribution in [2.24, 2.45) is 10.9 Å². The van der Waals surface area contributed by atoms with E-state index in [-0.39, 0.29) is 24.0 Å². The molecule has 0 aromatic heterocycles. The van der Waals surface area contributed by atoms with Crippen molar-refractivity contribution in [2.45, 2.75) is 40.2 Å². The van der Waals surface area contributed by atoms with Crippen molar-refractivity contribution in [3.8, 4) is 0 Å². The van der Waals surface area contributed by atoms with Crippen LogP contribution in [0, 0.1) is 5.92 Å². The van der Waals surface area contributed by atoms with Crippen molar-refractivity contribution < 1.29 is 9.47 Å². The molecule has 1 atom stereocenters. The van der Waals surface area contributed by atoms with Gasteiger partial charge in [0.15, 0.2) is 5.96 Å². The number of nitrogens with one attached hydrogen (secondary N) is 2. The zero-order valence-electron chi connectivity index (χ0n) is 16.5. The van der Waals surface area contributed by atoms with Crippen LogP contribution < -0.4 is 10.6 Å². The number of benzene rings is 1. The smallest absolute Gasteiger partial charge is 0.191 e. The molecule has 1 unspecified atom stereocenters. The molecule has 0 aliphatic rings. The van der Waals surface area contributed by atoms with Crippen LogP contribution in [0.1, 0.15) is 39.2 Å².